The summed E-state index contributed by atoms with van der Waals surface area (Å²) in [5.74, 6) is -1.08. The molecule has 0 spiro atoms. The Hall–Kier alpha value is -1.04. The van der Waals surface area contributed by atoms with E-state index in [0.717, 1.165) is 18.2 Å². The lowest BCUT2D eigenvalue weighted by Crippen LogP contribution is -2.36. The van der Waals surface area contributed by atoms with E-state index in [2.05, 4.69) is 0 Å². The summed E-state index contributed by atoms with van der Waals surface area (Å²) in [6.45, 7) is -0.0151. The average Bonchev–Trinajstić information content (AvgIpc) is 2.22. The fourth-order valence-corrected chi connectivity index (χ4v) is 1.70. The highest BCUT2D eigenvalue weighted by Gasteiger charge is 2.25. The van der Waals surface area contributed by atoms with Gasteiger partial charge in [-0.1, -0.05) is 0 Å². The number of hydrogen-bond acceptors (Lipinski definition) is 3. The quantitative estimate of drug-likeness (QED) is 0.807. The molecule has 16 heavy (non-hydrogen) atoms. The van der Waals surface area contributed by atoms with Gasteiger partial charge in [0, 0.05) is 12.1 Å². The van der Waals surface area contributed by atoms with E-state index in [0.29, 0.717) is 0 Å². The Morgan fingerprint density at radius 2 is 2.00 bits per heavy atom. The summed E-state index contributed by atoms with van der Waals surface area (Å²) in [4.78, 5) is 1.61. The number of benzene rings is 1. The molecule has 5 heteroatoms. The van der Waals surface area contributed by atoms with Crippen molar-refractivity contribution in [3.05, 3.63) is 35.4 Å². The predicted molar refractivity (Wildman–Crippen MR) is 57.8 cm³/mol. The van der Waals surface area contributed by atoms with E-state index in [1.165, 1.54) is 0 Å². The highest BCUT2D eigenvalue weighted by Crippen LogP contribution is 2.25. The Morgan fingerprint density at radius 3 is 2.50 bits per heavy atom. The molecule has 1 rings (SSSR count). The first-order valence-electron chi connectivity index (χ1n) is 4.97. The number of hydrogen-bond donors (Lipinski definition) is 2. The van der Waals surface area contributed by atoms with E-state index in [1.54, 1.807) is 19.0 Å². The Morgan fingerprint density at radius 1 is 1.38 bits per heavy atom. The van der Waals surface area contributed by atoms with Crippen LogP contribution in [0.2, 0.25) is 0 Å². The van der Waals surface area contributed by atoms with E-state index < -0.39 is 23.8 Å². The maximum atomic E-state index is 13.5. The molecule has 0 radical (unpaired) electrons. The molecule has 0 fully saturated rings. The van der Waals surface area contributed by atoms with Crippen molar-refractivity contribution in [3.63, 3.8) is 0 Å². The zero-order chi connectivity index (χ0) is 12.3. The molecule has 0 aliphatic heterocycles. The van der Waals surface area contributed by atoms with Crippen molar-refractivity contribution in [1.29, 1.82) is 0 Å². The van der Waals surface area contributed by atoms with Crippen LogP contribution in [0.1, 0.15) is 11.6 Å². The lowest BCUT2D eigenvalue weighted by molar-refractivity contribution is 0.0800. The van der Waals surface area contributed by atoms with Crippen LogP contribution in [-0.4, -0.2) is 36.8 Å². The molecule has 0 bridgehead atoms. The van der Waals surface area contributed by atoms with E-state index in [1.807, 2.05) is 0 Å². The smallest absolute Gasteiger partial charge is 0.128 e. The van der Waals surface area contributed by atoms with Crippen LogP contribution in [0.25, 0.3) is 0 Å². The number of aliphatic hydroxyl groups excluding tert-OH is 1. The van der Waals surface area contributed by atoms with Gasteiger partial charge < -0.3 is 10.8 Å². The highest BCUT2D eigenvalue weighted by atomic mass is 19.1. The first-order valence-corrected chi connectivity index (χ1v) is 4.97. The second kappa shape index (κ2) is 5.34. The summed E-state index contributed by atoms with van der Waals surface area (Å²) in [7, 11) is 3.35. The van der Waals surface area contributed by atoms with Gasteiger partial charge in [0.2, 0.25) is 0 Å². The van der Waals surface area contributed by atoms with Gasteiger partial charge in [0.05, 0.1) is 12.1 Å². The third kappa shape index (κ3) is 2.75. The molecule has 0 heterocycles. The molecule has 1 aromatic rings. The van der Waals surface area contributed by atoms with Crippen molar-refractivity contribution in [2.45, 2.75) is 12.1 Å². The summed E-state index contributed by atoms with van der Waals surface area (Å²) in [6.07, 6.45) is -0.939. The summed E-state index contributed by atoms with van der Waals surface area (Å²) in [5.41, 5.74) is 5.46. The second-order valence-corrected chi connectivity index (χ2v) is 3.88. The molecule has 1 aromatic carbocycles. The van der Waals surface area contributed by atoms with Crippen LogP contribution in [0.15, 0.2) is 18.2 Å². The largest absolute Gasteiger partial charge is 0.390 e. The van der Waals surface area contributed by atoms with E-state index in [-0.39, 0.29) is 12.1 Å². The fourth-order valence-electron chi connectivity index (χ4n) is 1.70. The zero-order valence-corrected chi connectivity index (χ0v) is 9.32. The van der Waals surface area contributed by atoms with Gasteiger partial charge in [0.1, 0.15) is 11.6 Å². The minimum absolute atomic E-state index is 0.0151. The number of halogens is 2. The standard InChI is InChI=1S/C11H16F2N2O/c1-15(2)11(10(16)6-14)8-5-7(12)3-4-9(8)13/h3-5,10-11,16H,6,14H2,1-2H3. The molecule has 2 atom stereocenters. The average molecular weight is 230 g/mol. The van der Waals surface area contributed by atoms with Gasteiger partial charge in [0.25, 0.3) is 0 Å². The van der Waals surface area contributed by atoms with Crippen LogP contribution in [0.5, 0.6) is 0 Å². The SMILES string of the molecule is CN(C)C(c1cc(F)ccc1F)C(O)CN. The molecule has 0 aliphatic carbocycles. The molecule has 0 saturated heterocycles. The molecule has 0 amide bonds. The van der Waals surface area contributed by atoms with Gasteiger partial charge in [-0.25, -0.2) is 8.78 Å². The summed E-state index contributed by atoms with van der Waals surface area (Å²) >= 11 is 0. The maximum absolute atomic E-state index is 13.5. The predicted octanol–water partition coefficient (Wildman–Crippen LogP) is 0.887. The zero-order valence-electron chi connectivity index (χ0n) is 9.32. The molecule has 2 unspecified atom stereocenters. The normalized spacial score (nSPS) is 15.2. The van der Waals surface area contributed by atoms with Crippen molar-refractivity contribution in [1.82, 2.24) is 4.90 Å². The molecule has 3 N–H and O–H groups in total. The van der Waals surface area contributed by atoms with Gasteiger partial charge in [-0.05, 0) is 32.3 Å². The maximum Gasteiger partial charge on any atom is 0.128 e. The first kappa shape index (κ1) is 13.0. The highest BCUT2D eigenvalue weighted by molar-refractivity contribution is 5.23. The summed E-state index contributed by atoms with van der Waals surface area (Å²) in [6, 6.07) is 2.52. The van der Waals surface area contributed by atoms with Crippen LogP contribution in [0.4, 0.5) is 8.78 Å². The lowest BCUT2D eigenvalue weighted by Gasteiger charge is -2.29. The minimum Gasteiger partial charge on any atom is -0.390 e. The fraction of sp³-hybridized carbons (Fsp3) is 0.455. The molecule has 0 aromatic heterocycles. The van der Waals surface area contributed by atoms with E-state index in [4.69, 9.17) is 5.73 Å². The number of rotatable bonds is 4. The number of likely N-dealkylation sites (N-methyl/N-ethyl adjacent to an activating group) is 1. The topological polar surface area (TPSA) is 49.5 Å². The van der Waals surface area contributed by atoms with Crippen molar-refractivity contribution >= 4 is 0 Å². The summed E-state index contributed by atoms with van der Waals surface area (Å²) < 4.78 is 26.6. The van der Waals surface area contributed by atoms with Crippen molar-refractivity contribution in [2.75, 3.05) is 20.6 Å². The van der Waals surface area contributed by atoms with Crippen molar-refractivity contribution in [2.24, 2.45) is 5.73 Å². The molecule has 0 saturated carbocycles. The second-order valence-electron chi connectivity index (χ2n) is 3.88. The van der Waals surface area contributed by atoms with Crippen LogP contribution in [0.3, 0.4) is 0 Å². The van der Waals surface area contributed by atoms with E-state index in [9.17, 15) is 13.9 Å². The Balaban J connectivity index is 3.15. The molecule has 3 nitrogen and oxygen atoms in total. The molecule has 0 aliphatic rings. The van der Waals surface area contributed by atoms with Gasteiger partial charge in [-0.3, -0.25) is 4.90 Å². The molecular formula is C11H16F2N2O. The van der Waals surface area contributed by atoms with Gasteiger partial charge in [0.15, 0.2) is 0 Å². The van der Waals surface area contributed by atoms with Gasteiger partial charge in [-0.2, -0.15) is 0 Å². The third-order valence-electron chi connectivity index (χ3n) is 2.44. The third-order valence-corrected chi connectivity index (χ3v) is 2.44. The summed E-state index contributed by atoms with van der Waals surface area (Å²) in [5, 5.41) is 9.70. The minimum atomic E-state index is -0.939. The van der Waals surface area contributed by atoms with Crippen LogP contribution < -0.4 is 5.73 Å². The molecule has 90 valence electrons. The first-order chi connectivity index (χ1) is 7.47. The Bertz CT molecular complexity index is 358. The number of aliphatic hydroxyl groups is 1. The molecular weight excluding hydrogens is 214 g/mol. The van der Waals surface area contributed by atoms with Crippen LogP contribution in [-0.2, 0) is 0 Å². The Kier molecular flexibility index (Phi) is 4.35. The number of nitrogens with two attached hydrogens (primary N) is 1. The number of nitrogens with zero attached hydrogens (tertiary/aromatic N) is 1. The van der Waals surface area contributed by atoms with Crippen LogP contribution in [0, 0.1) is 11.6 Å². The van der Waals surface area contributed by atoms with Crippen LogP contribution >= 0.6 is 0 Å². The Labute approximate surface area is 93.5 Å². The lowest BCUT2D eigenvalue weighted by atomic mass is 9.99. The van der Waals surface area contributed by atoms with Gasteiger partial charge in [-0.15, -0.1) is 0 Å². The monoisotopic (exact) mass is 230 g/mol. The van der Waals surface area contributed by atoms with Crippen molar-refractivity contribution in [3.8, 4) is 0 Å². The van der Waals surface area contributed by atoms with Crippen molar-refractivity contribution < 1.29 is 13.9 Å². The van der Waals surface area contributed by atoms with Gasteiger partial charge >= 0.3 is 0 Å². The van der Waals surface area contributed by atoms with E-state index >= 15 is 0 Å².